The predicted octanol–water partition coefficient (Wildman–Crippen LogP) is 6.53. The van der Waals surface area contributed by atoms with E-state index >= 15 is 0 Å². The van der Waals surface area contributed by atoms with E-state index in [2.05, 4.69) is 19.0 Å². The van der Waals surface area contributed by atoms with Crippen LogP contribution in [0.3, 0.4) is 0 Å². The minimum absolute atomic E-state index is 0.872. The van der Waals surface area contributed by atoms with Crippen LogP contribution >= 0.6 is 0 Å². The van der Waals surface area contributed by atoms with Crippen molar-refractivity contribution in [3.63, 3.8) is 0 Å². The van der Waals surface area contributed by atoms with Gasteiger partial charge in [0.05, 0.1) is 0 Å². The molecule has 0 aliphatic rings. The lowest BCUT2D eigenvalue weighted by molar-refractivity contribution is 0.389. The van der Waals surface area contributed by atoms with Crippen LogP contribution in [0, 0.1) is 0 Å². The minimum atomic E-state index is 0.872. The van der Waals surface area contributed by atoms with Crippen molar-refractivity contribution >= 4 is 0 Å². The van der Waals surface area contributed by atoms with Crippen molar-refractivity contribution in [2.45, 2.75) is 116 Å². The van der Waals surface area contributed by atoms with Crippen molar-refractivity contribution in [3.8, 4) is 0 Å². The van der Waals surface area contributed by atoms with E-state index in [1.54, 1.807) is 0 Å². The van der Waals surface area contributed by atoms with Crippen LogP contribution in [0.15, 0.2) is 0 Å². The number of hydrogen-bond acceptors (Lipinski definition) is 2. The molecule has 0 amide bonds. The molecule has 2 heteroatoms. The molecule has 0 radical (unpaired) electrons. The van der Waals surface area contributed by atoms with E-state index in [1.165, 1.54) is 122 Å². The summed E-state index contributed by atoms with van der Waals surface area (Å²) in [5.41, 5.74) is 5.51. The Morgan fingerprint density at radius 3 is 0.917 bits per heavy atom. The summed E-state index contributed by atoms with van der Waals surface area (Å²) in [5.74, 6) is 0. The van der Waals surface area contributed by atoms with Crippen molar-refractivity contribution in [2.75, 3.05) is 27.2 Å². The molecule has 0 aliphatic heterocycles. The molecule has 0 saturated heterocycles. The second-order valence-corrected chi connectivity index (χ2v) is 7.96. The number of unbranched alkanes of at least 4 members (excludes halogenated alkanes) is 17. The van der Waals surface area contributed by atoms with Gasteiger partial charge in [-0.1, -0.05) is 103 Å². The summed E-state index contributed by atoms with van der Waals surface area (Å²) in [7, 11) is 4.34. The Hall–Kier alpha value is -0.0800. The van der Waals surface area contributed by atoms with Gasteiger partial charge in [-0.15, -0.1) is 0 Å². The number of nitrogens with zero attached hydrogens (tertiary/aromatic N) is 1. The van der Waals surface area contributed by atoms with Crippen LogP contribution in [0.1, 0.15) is 116 Å². The highest BCUT2D eigenvalue weighted by Crippen LogP contribution is 2.14. The van der Waals surface area contributed by atoms with E-state index in [4.69, 9.17) is 5.73 Å². The molecular weight excluding hydrogens is 292 g/mol. The zero-order valence-electron chi connectivity index (χ0n) is 17.2. The van der Waals surface area contributed by atoms with Crippen molar-refractivity contribution in [2.24, 2.45) is 5.73 Å². The molecule has 0 spiro atoms. The van der Waals surface area contributed by atoms with Crippen LogP contribution in [0.2, 0.25) is 0 Å². The van der Waals surface area contributed by atoms with Gasteiger partial charge in [0, 0.05) is 0 Å². The predicted molar refractivity (Wildman–Crippen MR) is 111 cm³/mol. The Morgan fingerprint density at radius 2 is 0.667 bits per heavy atom. The van der Waals surface area contributed by atoms with Gasteiger partial charge in [-0.25, -0.2) is 0 Å². The fourth-order valence-electron chi connectivity index (χ4n) is 3.40. The number of rotatable bonds is 20. The standard InChI is InChI=1S/C22H48N2/c1-24(2)22-20-18-16-14-12-10-8-6-4-3-5-7-9-11-13-15-17-19-21-23/h3-23H2,1-2H3. The molecule has 0 aliphatic carbocycles. The maximum Gasteiger partial charge on any atom is -0.00248 e. The van der Waals surface area contributed by atoms with Gasteiger partial charge in [-0.05, 0) is 40.0 Å². The molecule has 0 saturated carbocycles. The van der Waals surface area contributed by atoms with E-state index in [0.29, 0.717) is 0 Å². The van der Waals surface area contributed by atoms with Crippen LogP contribution in [0.5, 0.6) is 0 Å². The Labute approximate surface area is 154 Å². The lowest BCUT2D eigenvalue weighted by Crippen LogP contribution is -2.12. The van der Waals surface area contributed by atoms with Gasteiger partial charge in [0.25, 0.3) is 0 Å². The highest BCUT2D eigenvalue weighted by atomic mass is 15.0. The second-order valence-electron chi connectivity index (χ2n) is 7.96. The fraction of sp³-hybridized carbons (Fsp3) is 1.00. The minimum Gasteiger partial charge on any atom is -0.330 e. The van der Waals surface area contributed by atoms with Crippen LogP contribution in [0.4, 0.5) is 0 Å². The van der Waals surface area contributed by atoms with E-state index in [0.717, 1.165) is 6.54 Å². The summed E-state index contributed by atoms with van der Waals surface area (Å²) in [6.07, 6.45) is 25.7. The third-order valence-electron chi connectivity index (χ3n) is 5.06. The Morgan fingerprint density at radius 1 is 0.417 bits per heavy atom. The Bertz CT molecular complexity index is 216. The number of hydrogen-bond donors (Lipinski definition) is 1. The van der Waals surface area contributed by atoms with Gasteiger partial charge in [-0.3, -0.25) is 0 Å². The van der Waals surface area contributed by atoms with Crippen LogP contribution < -0.4 is 5.73 Å². The maximum absolute atomic E-state index is 5.51. The smallest absolute Gasteiger partial charge is 0.00248 e. The normalized spacial score (nSPS) is 11.5. The maximum atomic E-state index is 5.51. The molecule has 0 unspecified atom stereocenters. The first kappa shape index (κ1) is 23.9. The van der Waals surface area contributed by atoms with Crippen LogP contribution in [-0.4, -0.2) is 32.1 Å². The van der Waals surface area contributed by atoms with E-state index in [-0.39, 0.29) is 0 Å². The van der Waals surface area contributed by atoms with Gasteiger partial charge in [0.1, 0.15) is 0 Å². The first-order valence-electron chi connectivity index (χ1n) is 11.1. The zero-order valence-corrected chi connectivity index (χ0v) is 17.2. The second kappa shape index (κ2) is 21.0. The summed E-state index contributed by atoms with van der Waals surface area (Å²) < 4.78 is 0. The topological polar surface area (TPSA) is 29.3 Å². The van der Waals surface area contributed by atoms with Gasteiger partial charge in [0.15, 0.2) is 0 Å². The van der Waals surface area contributed by atoms with Crippen molar-refractivity contribution in [1.29, 1.82) is 0 Å². The molecule has 0 rings (SSSR count). The van der Waals surface area contributed by atoms with Crippen LogP contribution in [0.25, 0.3) is 0 Å². The van der Waals surface area contributed by atoms with Crippen molar-refractivity contribution < 1.29 is 0 Å². The fourth-order valence-corrected chi connectivity index (χ4v) is 3.40. The Balaban J connectivity index is 2.95. The van der Waals surface area contributed by atoms with E-state index < -0.39 is 0 Å². The zero-order chi connectivity index (χ0) is 17.7. The summed E-state index contributed by atoms with van der Waals surface area (Å²) in [6, 6.07) is 0. The molecule has 0 heterocycles. The lowest BCUT2D eigenvalue weighted by Gasteiger charge is -2.08. The monoisotopic (exact) mass is 340 g/mol. The summed E-state index contributed by atoms with van der Waals surface area (Å²) in [6.45, 7) is 2.13. The number of nitrogens with two attached hydrogens (primary N) is 1. The van der Waals surface area contributed by atoms with Gasteiger partial charge in [-0.2, -0.15) is 0 Å². The molecule has 0 bridgehead atoms. The van der Waals surface area contributed by atoms with Gasteiger partial charge >= 0.3 is 0 Å². The average Bonchev–Trinajstić information content (AvgIpc) is 2.56. The van der Waals surface area contributed by atoms with Gasteiger partial charge < -0.3 is 10.6 Å². The van der Waals surface area contributed by atoms with Crippen molar-refractivity contribution in [1.82, 2.24) is 4.90 Å². The molecule has 146 valence electrons. The SMILES string of the molecule is CN(C)CCCCCCCCCCCCCCCCCCCCN. The summed E-state index contributed by atoms with van der Waals surface area (Å²) in [5, 5.41) is 0. The summed E-state index contributed by atoms with van der Waals surface area (Å²) >= 11 is 0. The molecule has 0 fully saturated rings. The Kier molecular flexibility index (Phi) is 20.9. The molecule has 0 aromatic heterocycles. The molecule has 2 N–H and O–H groups in total. The molecule has 0 aromatic carbocycles. The molecule has 24 heavy (non-hydrogen) atoms. The van der Waals surface area contributed by atoms with Crippen molar-refractivity contribution in [3.05, 3.63) is 0 Å². The highest BCUT2D eigenvalue weighted by Gasteiger charge is 1.95. The molecule has 0 atom stereocenters. The third kappa shape index (κ3) is 21.9. The lowest BCUT2D eigenvalue weighted by atomic mass is 10.0. The molecular formula is C22H48N2. The van der Waals surface area contributed by atoms with E-state index in [1.807, 2.05) is 0 Å². The summed E-state index contributed by atoms with van der Waals surface area (Å²) in [4.78, 5) is 2.30. The first-order chi connectivity index (χ1) is 11.8. The highest BCUT2D eigenvalue weighted by molar-refractivity contribution is 4.51. The third-order valence-corrected chi connectivity index (χ3v) is 5.06. The molecule has 2 nitrogen and oxygen atoms in total. The van der Waals surface area contributed by atoms with Gasteiger partial charge in [0.2, 0.25) is 0 Å². The quantitative estimate of drug-likeness (QED) is 0.255. The molecule has 0 aromatic rings. The average molecular weight is 341 g/mol. The van der Waals surface area contributed by atoms with E-state index in [9.17, 15) is 0 Å². The first-order valence-corrected chi connectivity index (χ1v) is 11.1. The largest absolute Gasteiger partial charge is 0.330 e. The van der Waals surface area contributed by atoms with Crippen LogP contribution in [-0.2, 0) is 0 Å².